The Morgan fingerprint density at radius 3 is 2.90 bits per heavy atom. The quantitative estimate of drug-likeness (QED) is 0.840. The summed E-state index contributed by atoms with van der Waals surface area (Å²) in [5.74, 6) is 0. The van der Waals surface area contributed by atoms with Gasteiger partial charge in [-0.3, -0.25) is 9.88 Å². The van der Waals surface area contributed by atoms with E-state index in [0.29, 0.717) is 17.1 Å². The number of nitrogens with one attached hydrogen (secondary N) is 1. The molecule has 0 aliphatic carbocycles. The molecule has 2 atom stereocenters. The summed E-state index contributed by atoms with van der Waals surface area (Å²) in [5.41, 5.74) is 9.81. The lowest BCUT2D eigenvalue weighted by molar-refractivity contribution is 0.193. The number of nitrogens with two attached hydrogens (primary N) is 1. The molecule has 3 rings (SSSR count). The molecule has 2 aliphatic heterocycles. The van der Waals surface area contributed by atoms with Crippen LogP contribution in [-0.4, -0.2) is 40.0 Å². The molecule has 2 unspecified atom stereocenters. The van der Waals surface area contributed by atoms with Gasteiger partial charge in [0.1, 0.15) is 4.99 Å². The lowest BCUT2D eigenvalue weighted by Gasteiger charge is -2.33. The molecule has 3 N–H and O–H groups in total. The molecule has 0 aromatic carbocycles. The van der Waals surface area contributed by atoms with E-state index < -0.39 is 0 Å². The van der Waals surface area contributed by atoms with Gasteiger partial charge in [0.15, 0.2) is 0 Å². The summed E-state index contributed by atoms with van der Waals surface area (Å²) in [6.07, 6.45) is 5.18. The Balaban J connectivity index is 1.86. The number of thiocarbonyl (C=S) groups is 1. The van der Waals surface area contributed by atoms with Gasteiger partial charge in [0.25, 0.3) is 0 Å². The normalized spacial score (nSPS) is 25.6. The predicted octanol–water partition coefficient (Wildman–Crippen LogP) is 2.37. The first-order valence-electron chi connectivity index (χ1n) is 7.85. The van der Waals surface area contributed by atoms with Crippen LogP contribution in [0.4, 0.5) is 5.69 Å². The number of piperidine rings is 1. The molecule has 0 amide bonds. The molecule has 3 heterocycles. The molecule has 114 valence electrons. The summed E-state index contributed by atoms with van der Waals surface area (Å²) in [7, 11) is 0. The molecule has 0 bridgehead atoms. The Bertz CT molecular complexity index is 557. The minimum Gasteiger partial charge on any atom is -0.389 e. The second-order valence-corrected chi connectivity index (χ2v) is 6.71. The van der Waals surface area contributed by atoms with Gasteiger partial charge in [-0.25, -0.2) is 0 Å². The number of aromatic nitrogens is 1. The van der Waals surface area contributed by atoms with Gasteiger partial charge in [0.05, 0.1) is 5.56 Å². The highest BCUT2D eigenvalue weighted by Gasteiger charge is 2.35. The molecular weight excluding hydrogens is 280 g/mol. The van der Waals surface area contributed by atoms with E-state index >= 15 is 0 Å². The first-order valence-corrected chi connectivity index (χ1v) is 8.25. The number of nitrogens with zero attached hydrogens (tertiary/aromatic N) is 2. The monoisotopic (exact) mass is 304 g/mol. The van der Waals surface area contributed by atoms with Gasteiger partial charge in [-0.15, -0.1) is 0 Å². The summed E-state index contributed by atoms with van der Waals surface area (Å²) >= 11 is 5.22. The molecule has 2 aliphatic rings. The van der Waals surface area contributed by atoms with Crippen LogP contribution in [0.5, 0.6) is 0 Å². The molecular formula is C16H24N4S. The van der Waals surface area contributed by atoms with Crippen molar-refractivity contribution in [2.45, 2.75) is 51.6 Å². The Hall–Kier alpha value is -1.20. The van der Waals surface area contributed by atoms with Gasteiger partial charge in [-0.2, -0.15) is 0 Å². The highest BCUT2D eigenvalue weighted by Crippen LogP contribution is 2.31. The minimum absolute atomic E-state index is 0.431. The van der Waals surface area contributed by atoms with Crippen molar-refractivity contribution in [1.29, 1.82) is 0 Å². The van der Waals surface area contributed by atoms with Gasteiger partial charge in [-0.05, 0) is 45.7 Å². The number of aryl methyl sites for hydroxylation is 2. The zero-order valence-electron chi connectivity index (χ0n) is 12.9. The predicted molar refractivity (Wildman–Crippen MR) is 90.8 cm³/mol. The molecule has 2 saturated heterocycles. The molecule has 21 heavy (non-hydrogen) atoms. The molecule has 2 fully saturated rings. The lowest BCUT2D eigenvalue weighted by Crippen LogP contribution is -2.42. The van der Waals surface area contributed by atoms with Crippen LogP contribution in [0.25, 0.3) is 0 Å². The van der Waals surface area contributed by atoms with Crippen LogP contribution in [0.3, 0.4) is 0 Å². The number of hydrogen-bond acceptors (Lipinski definition) is 4. The van der Waals surface area contributed by atoms with Crippen molar-refractivity contribution in [2.75, 3.05) is 18.4 Å². The SMILES string of the molecule is Cc1cc(NC2CCN3CCCCC23)c(C(N)=S)c(C)n1. The van der Waals surface area contributed by atoms with Crippen LogP contribution in [0.1, 0.15) is 42.6 Å². The Kier molecular flexibility index (Phi) is 4.13. The average Bonchev–Trinajstić information content (AvgIpc) is 2.81. The fraction of sp³-hybridized carbons (Fsp3) is 0.625. The van der Waals surface area contributed by atoms with Crippen molar-refractivity contribution >= 4 is 22.9 Å². The highest BCUT2D eigenvalue weighted by atomic mass is 32.1. The van der Waals surface area contributed by atoms with E-state index in [1.54, 1.807) is 0 Å². The highest BCUT2D eigenvalue weighted by molar-refractivity contribution is 7.80. The van der Waals surface area contributed by atoms with E-state index in [2.05, 4.69) is 21.3 Å². The van der Waals surface area contributed by atoms with Crippen LogP contribution < -0.4 is 11.1 Å². The molecule has 0 spiro atoms. The third-order valence-electron chi connectivity index (χ3n) is 4.77. The summed E-state index contributed by atoms with van der Waals surface area (Å²) in [4.78, 5) is 7.55. The average molecular weight is 304 g/mol. The van der Waals surface area contributed by atoms with E-state index in [1.165, 1.54) is 38.8 Å². The smallest absolute Gasteiger partial charge is 0.107 e. The number of fused-ring (bicyclic) bond motifs is 1. The fourth-order valence-electron chi connectivity index (χ4n) is 3.87. The van der Waals surface area contributed by atoms with E-state index in [0.717, 1.165) is 22.6 Å². The van der Waals surface area contributed by atoms with Gasteiger partial charge in [-0.1, -0.05) is 18.6 Å². The number of rotatable bonds is 3. The van der Waals surface area contributed by atoms with Gasteiger partial charge in [0, 0.05) is 35.7 Å². The second-order valence-electron chi connectivity index (χ2n) is 6.27. The Morgan fingerprint density at radius 1 is 1.33 bits per heavy atom. The fourth-order valence-corrected chi connectivity index (χ4v) is 4.13. The maximum Gasteiger partial charge on any atom is 0.107 e. The van der Waals surface area contributed by atoms with Gasteiger partial charge in [0.2, 0.25) is 0 Å². The summed E-state index contributed by atoms with van der Waals surface area (Å²) in [6, 6.07) is 3.24. The van der Waals surface area contributed by atoms with Crippen molar-refractivity contribution in [3.63, 3.8) is 0 Å². The van der Waals surface area contributed by atoms with Gasteiger partial charge < -0.3 is 11.1 Å². The summed E-state index contributed by atoms with van der Waals surface area (Å²) in [5, 5.41) is 3.72. The molecule has 5 heteroatoms. The van der Waals surface area contributed by atoms with Crippen LogP contribution in [0, 0.1) is 13.8 Å². The first-order chi connectivity index (χ1) is 10.1. The maximum absolute atomic E-state index is 5.91. The van der Waals surface area contributed by atoms with Crippen molar-refractivity contribution in [1.82, 2.24) is 9.88 Å². The molecule has 1 aromatic heterocycles. The zero-order valence-corrected chi connectivity index (χ0v) is 13.7. The van der Waals surface area contributed by atoms with Crippen molar-refractivity contribution in [3.05, 3.63) is 23.0 Å². The Labute approximate surface area is 132 Å². The van der Waals surface area contributed by atoms with E-state index in [-0.39, 0.29) is 0 Å². The van der Waals surface area contributed by atoms with Crippen molar-refractivity contribution < 1.29 is 0 Å². The van der Waals surface area contributed by atoms with Gasteiger partial charge >= 0.3 is 0 Å². The molecule has 0 saturated carbocycles. The molecule has 1 aromatic rings. The third kappa shape index (κ3) is 2.90. The van der Waals surface area contributed by atoms with Crippen LogP contribution in [0.2, 0.25) is 0 Å². The topological polar surface area (TPSA) is 54.2 Å². The largest absolute Gasteiger partial charge is 0.389 e. The maximum atomic E-state index is 5.91. The number of pyridine rings is 1. The summed E-state index contributed by atoms with van der Waals surface area (Å²) < 4.78 is 0. The molecule has 0 radical (unpaired) electrons. The summed E-state index contributed by atoms with van der Waals surface area (Å²) in [6.45, 7) is 6.45. The van der Waals surface area contributed by atoms with Crippen molar-refractivity contribution in [2.24, 2.45) is 5.73 Å². The van der Waals surface area contributed by atoms with E-state index in [9.17, 15) is 0 Å². The standard InChI is InChI=1S/C16H24N4S/c1-10-9-13(15(16(17)21)11(2)18-10)19-12-6-8-20-7-4-3-5-14(12)20/h9,12,14H,3-8H2,1-2H3,(H2,17,21)(H,18,19). The second kappa shape index (κ2) is 5.89. The van der Waals surface area contributed by atoms with Crippen LogP contribution in [-0.2, 0) is 0 Å². The number of hydrogen-bond donors (Lipinski definition) is 2. The first kappa shape index (κ1) is 14.7. The van der Waals surface area contributed by atoms with Crippen LogP contribution in [0.15, 0.2) is 6.07 Å². The zero-order chi connectivity index (χ0) is 15.0. The van der Waals surface area contributed by atoms with Crippen LogP contribution >= 0.6 is 12.2 Å². The lowest BCUT2D eigenvalue weighted by atomic mass is 9.98. The number of anilines is 1. The van der Waals surface area contributed by atoms with E-state index in [1.807, 2.05) is 13.8 Å². The van der Waals surface area contributed by atoms with E-state index in [4.69, 9.17) is 18.0 Å². The Morgan fingerprint density at radius 2 is 2.14 bits per heavy atom. The van der Waals surface area contributed by atoms with Crippen molar-refractivity contribution in [3.8, 4) is 0 Å². The molecule has 4 nitrogen and oxygen atoms in total. The third-order valence-corrected chi connectivity index (χ3v) is 4.98. The minimum atomic E-state index is 0.431.